The van der Waals surface area contributed by atoms with Gasteiger partial charge >= 0.3 is 0 Å². The minimum absolute atomic E-state index is 0.0518. The van der Waals surface area contributed by atoms with Crippen molar-refractivity contribution in [3.8, 4) is 17.2 Å². The molecule has 1 aliphatic heterocycles. The lowest BCUT2D eigenvalue weighted by atomic mass is 9.88. The van der Waals surface area contributed by atoms with Crippen LogP contribution in [0.3, 0.4) is 0 Å². The Labute approximate surface area is 203 Å². The molecule has 0 aromatic heterocycles. The highest BCUT2D eigenvalue weighted by Crippen LogP contribution is 2.30. The molecule has 0 unspecified atom stereocenters. The molecular formula is C27H26ClNO5. The first-order chi connectivity index (χ1) is 16.4. The molecule has 1 aliphatic rings. The van der Waals surface area contributed by atoms with Crippen molar-refractivity contribution < 1.29 is 24.2 Å². The van der Waals surface area contributed by atoms with Crippen LogP contribution in [0, 0.1) is 5.92 Å². The predicted octanol–water partition coefficient (Wildman–Crippen LogP) is 5.37. The van der Waals surface area contributed by atoms with Crippen LogP contribution in [0.2, 0.25) is 5.02 Å². The summed E-state index contributed by atoms with van der Waals surface area (Å²) >= 11 is 5.92. The average Bonchev–Trinajstić information content (AvgIpc) is 2.88. The minimum atomic E-state index is -0.133. The van der Waals surface area contributed by atoms with Crippen LogP contribution in [-0.4, -0.2) is 41.9 Å². The summed E-state index contributed by atoms with van der Waals surface area (Å²) in [5, 5.41) is 10.1. The lowest BCUT2D eigenvalue weighted by molar-refractivity contribution is 0.0650. The number of ketones is 1. The summed E-state index contributed by atoms with van der Waals surface area (Å²) in [6.45, 7) is 1.36. The van der Waals surface area contributed by atoms with Gasteiger partial charge in [-0.25, -0.2) is 0 Å². The summed E-state index contributed by atoms with van der Waals surface area (Å²) in [5.41, 5.74) is 2.07. The third-order valence-corrected chi connectivity index (χ3v) is 6.27. The van der Waals surface area contributed by atoms with E-state index in [4.69, 9.17) is 21.1 Å². The highest BCUT2D eigenvalue weighted by molar-refractivity contribution is 6.30. The van der Waals surface area contributed by atoms with E-state index in [1.54, 1.807) is 54.5 Å². The van der Waals surface area contributed by atoms with E-state index in [9.17, 15) is 14.7 Å². The number of rotatable bonds is 7. The molecule has 0 radical (unpaired) electrons. The van der Waals surface area contributed by atoms with E-state index in [1.807, 2.05) is 12.1 Å². The van der Waals surface area contributed by atoms with Crippen LogP contribution < -0.4 is 9.47 Å². The molecule has 0 bridgehead atoms. The topological polar surface area (TPSA) is 76.1 Å². The molecule has 6 nitrogen and oxygen atoms in total. The lowest BCUT2D eigenvalue weighted by Gasteiger charge is -2.31. The van der Waals surface area contributed by atoms with E-state index in [0.717, 1.165) is 5.56 Å². The monoisotopic (exact) mass is 479 g/mol. The van der Waals surface area contributed by atoms with Crippen molar-refractivity contribution in [2.24, 2.45) is 5.92 Å². The van der Waals surface area contributed by atoms with Gasteiger partial charge in [0.2, 0.25) is 0 Å². The van der Waals surface area contributed by atoms with Gasteiger partial charge in [0.25, 0.3) is 5.91 Å². The van der Waals surface area contributed by atoms with Crippen LogP contribution in [0.4, 0.5) is 0 Å². The van der Waals surface area contributed by atoms with E-state index in [2.05, 4.69) is 0 Å². The zero-order valence-electron chi connectivity index (χ0n) is 18.9. The maximum Gasteiger partial charge on any atom is 0.253 e. The number of ether oxygens (including phenoxy) is 2. The summed E-state index contributed by atoms with van der Waals surface area (Å²) in [7, 11) is 1.54. The number of phenols is 1. The third-order valence-electron chi connectivity index (χ3n) is 6.02. The molecule has 1 amide bonds. The maximum absolute atomic E-state index is 13.1. The second-order valence-electron chi connectivity index (χ2n) is 8.26. The maximum atomic E-state index is 13.1. The van der Waals surface area contributed by atoms with Crippen molar-refractivity contribution in [3.63, 3.8) is 0 Å². The van der Waals surface area contributed by atoms with Crippen molar-refractivity contribution in [1.29, 1.82) is 0 Å². The van der Waals surface area contributed by atoms with E-state index in [-0.39, 0.29) is 23.4 Å². The number of aromatic hydroxyl groups is 1. The van der Waals surface area contributed by atoms with E-state index >= 15 is 0 Å². The molecule has 7 heteroatoms. The number of nitrogens with zero attached hydrogens (tertiary/aromatic N) is 1. The first kappa shape index (κ1) is 23.6. The molecule has 0 aliphatic carbocycles. The number of hydrogen-bond acceptors (Lipinski definition) is 5. The molecule has 1 N–H and O–H groups in total. The SMILES string of the molecule is COc1cc(C(=O)N2CCC(C(=O)c3ccc(O)cc3)CC2)ccc1OCc1ccc(Cl)cc1. The number of carbonyl (C=O) groups excluding carboxylic acids is 2. The second-order valence-corrected chi connectivity index (χ2v) is 8.69. The number of methoxy groups -OCH3 is 1. The highest BCUT2D eigenvalue weighted by atomic mass is 35.5. The van der Waals surface area contributed by atoms with Crippen molar-refractivity contribution >= 4 is 23.3 Å². The van der Waals surface area contributed by atoms with Crippen molar-refractivity contribution in [1.82, 2.24) is 4.90 Å². The Kier molecular flexibility index (Phi) is 7.38. The number of carbonyl (C=O) groups is 2. The van der Waals surface area contributed by atoms with Crippen LogP contribution in [0.1, 0.15) is 39.1 Å². The van der Waals surface area contributed by atoms with Gasteiger partial charge in [-0.3, -0.25) is 9.59 Å². The van der Waals surface area contributed by atoms with Gasteiger partial charge in [0.15, 0.2) is 17.3 Å². The predicted molar refractivity (Wildman–Crippen MR) is 130 cm³/mol. The Bertz CT molecular complexity index is 1150. The largest absolute Gasteiger partial charge is 0.508 e. The molecule has 1 saturated heterocycles. The zero-order chi connectivity index (χ0) is 24.1. The number of benzene rings is 3. The molecular weight excluding hydrogens is 454 g/mol. The Morgan fingerprint density at radius 1 is 0.941 bits per heavy atom. The molecule has 1 fully saturated rings. The first-order valence-electron chi connectivity index (χ1n) is 11.1. The summed E-state index contributed by atoms with van der Waals surface area (Å²) < 4.78 is 11.3. The van der Waals surface area contributed by atoms with Crippen molar-refractivity contribution in [2.45, 2.75) is 19.4 Å². The molecule has 176 valence electrons. The summed E-state index contributed by atoms with van der Waals surface area (Å²) in [6, 6.07) is 18.9. The van der Waals surface area contributed by atoms with Crippen LogP contribution in [0.15, 0.2) is 66.7 Å². The molecule has 0 spiro atoms. The zero-order valence-corrected chi connectivity index (χ0v) is 19.6. The first-order valence-corrected chi connectivity index (χ1v) is 11.5. The van der Waals surface area contributed by atoms with Crippen LogP contribution in [0.5, 0.6) is 17.2 Å². The number of amides is 1. The number of piperidine rings is 1. The van der Waals surface area contributed by atoms with Crippen LogP contribution in [-0.2, 0) is 6.61 Å². The average molecular weight is 480 g/mol. The van der Waals surface area contributed by atoms with Gasteiger partial charge in [0, 0.05) is 35.2 Å². The van der Waals surface area contributed by atoms with Gasteiger partial charge < -0.3 is 19.5 Å². The van der Waals surface area contributed by atoms with Gasteiger partial charge in [0.1, 0.15) is 12.4 Å². The Hall–Kier alpha value is -3.51. The smallest absolute Gasteiger partial charge is 0.253 e. The fourth-order valence-corrected chi connectivity index (χ4v) is 4.18. The molecule has 3 aromatic rings. The highest BCUT2D eigenvalue weighted by Gasteiger charge is 2.28. The minimum Gasteiger partial charge on any atom is -0.508 e. The van der Waals surface area contributed by atoms with E-state index in [1.165, 1.54) is 12.1 Å². The standard InChI is InChI=1S/C27H26ClNO5/c1-33-25-16-21(6-11-24(25)34-17-18-2-7-22(28)8-3-18)27(32)29-14-12-20(13-15-29)26(31)19-4-9-23(30)10-5-19/h2-11,16,20,30H,12-15,17H2,1H3. The van der Waals surface area contributed by atoms with Gasteiger partial charge in [-0.2, -0.15) is 0 Å². The summed E-state index contributed by atoms with van der Waals surface area (Å²) in [6.07, 6.45) is 1.20. The lowest BCUT2D eigenvalue weighted by Crippen LogP contribution is -2.40. The normalized spacial score (nSPS) is 14.0. The van der Waals surface area contributed by atoms with Crippen molar-refractivity contribution in [3.05, 3.63) is 88.4 Å². The number of Topliss-reactive ketones (excluding diaryl/α,β-unsaturated/α-hetero) is 1. The number of likely N-dealkylation sites (tertiary alicyclic amines) is 1. The van der Waals surface area contributed by atoms with Crippen molar-refractivity contribution in [2.75, 3.05) is 20.2 Å². The van der Waals surface area contributed by atoms with Crippen LogP contribution >= 0.6 is 11.6 Å². The molecule has 0 saturated carbocycles. The third kappa shape index (κ3) is 5.51. The van der Waals surface area contributed by atoms with Gasteiger partial charge in [-0.15, -0.1) is 0 Å². The van der Waals surface area contributed by atoms with Crippen LogP contribution in [0.25, 0.3) is 0 Å². The Morgan fingerprint density at radius 3 is 2.24 bits per heavy atom. The number of phenolic OH excluding ortho intramolecular Hbond substituents is 1. The quantitative estimate of drug-likeness (QED) is 0.461. The Morgan fingerprint density at radius 2 is 1.59 bits per heavy atom. The molecule has 0 atom stereocenters. The number of halogens is 1. The van der Waals surface area contributed by atoms with E-state index in [0.29, 0.717) is 60.2 Å². The molecule has 3 aromatic carbocycles. The van der Waals surface area contributed by atoms with Gasteiger partial charge in [-0.05, 0) is 73.0 Å². The second kappa shape index (κ2) is 10.6. The fraction of sp³-hybridized carbons (Fsp3) is 0.259. The number of hydrogen-bond donors (Lipinski definition) is 1. The summed E-state index contributed by atoms with van der Waals surface area (Å²) in [5.74, 6) is 0.985. The fourth-order valence-electron chi connectivity index (χ4n) is 4.05. The molecule has 34 heavy (non-hydrogen) atoms. The van der Waals surface area contributed by atoms with Gasteiger partial charge in [-0.1, -0.05) is 23.7 Å². The Balaban J connectivity index is 1.36. The molecule has 4 rings (SSSR count). The van der Waals surface area contributed by atoms with E-state index < -0.39 is 0 Å². The summed E-state index contributed by atoms with van der Waals surface area (Å²) in [4.78, 5) is 27.6. The molecule has 1 heterocycles. The van der Waals surface area contributed by atoms with Gasteiger partial charge in [0.05, 0.1) is 7.11 Å².